The monoisotopic (exact) mass is 404 g/mol. The lowest BCUT2D eigenvalue weighted by molar-refractivity contribution is -0.148. The van der Waals surface area contributed by atoms with Crippen molar-refractivity contribution in [3.05, 3.63) is 33.9 Å². The van der Waals surface area contributed by atoms with Crippen LogP contribution in [0.15, 0.2) is 17.1 Å². The molecule has 0 radical (unpaired) electrons. The average Bonchev–Trinajstić information content (AvgIpc) is 3.24. The molecular formula is C20H21FN2O6. The molecule has 5 rings (SSSR count). The van der Waals surface area contributed by atoms with Gasteiger partial charge in [-0.3, -0.25) is 4.79 Å². The van der Waals surface area contributed by atoms with E-state index in [0.717, 1.165) is 6.07 Å². The lowest BCUT2D eigenvalue weighted by Gasteiger charge is -2.31. The van der Waals surface area contributed by atoms with Gasteiger partial charge in [-0.1, -0.05) is 0 Å². The highest BCUT2D eigenvalue weighted by Gasteiger charge is 2.47. The first-order valence-corrected chi connectivity index (χ1v) is 9.64. The Morgan fingerprint density at radius 1 is 1.34 bits per heavy atom. The quantitative estimate of drug-likeness (QED) is 0.820. The van der Waals surface area contributed by atoms with E-state index in [0.29, 0.717) is 31.6 Å². The molecule has 0 aliphatic carbocycles. The first-order chi connectivity index (χ1) is 13.8. The van der Waals surface area contributed by atoms with Crippen LogP contribution in [-0.2, 0) is 9.47 Å². The predicted octanol–water partition coefficient (Wildman–Crippen LogP) is 2.13. The molecule has 1 aromatic heterocycles. The van der Waals surface area contributed by atoms with Gasteiger partial charge in [0, 0.05) is 19.2 Å². The van der Waals surface area contributed by atoms with Crippen LogP contribution in [0.4, 0.5) is 10.1 Å². The van der Waals surface area contributed by atoms with Crippen LogP contribution in [0, 0.1) is 5.82 Å². The fourth-order valence-electron chi connectivity index (χ4n) is 4.52. The van der Waals surface area contributed by atoms with E-state index >= 15 is 4.39 Å². The smallest absolute Gasteiger partial charge is 0.341 e. The fraction of sp³-hybridized carbons (Fsp3) is 0.500. The normalized spacial score (nSPS) is 28.3. The first kappa shape index (κ1) is 18.4. The van der Waals surface area contributed by atoms with Gasteiger partial charge in [-0.2, -0.15) is 0 Å². The van der Waals surface area contributed by atoms with Crippen LogP contribution in [0.25, 0.3) is 10.9 Å². The van der Waals surface area contributed by atoms with E-state index in [1.807, 2.05) is 18.7 Å². The molecular weight excluding hydrogens is 383 g/mol. The number of carboxylic acid groups (broad SMARTS) is 1. The number of ether oxygens (including phenoxy) is 3. The van der Waals surface area contributed by atoms with Crippen LogP contribution >= 0.6 is 0 Å². The predicted molar refractivity (Wildman–Crippen MR) is 101 cm³/mol. The zero-order chi connectivity index (χ0) is 20.5. The molecule has 2 fully saturated rings. The van der Waals surface area contributed by atoms with Crippen molar-refractivity contribution in [3.63, 3.8) is 0 Å². The standard InChI is InChI=1S/C20H21FN2O6/c1-10-7-27-18-15-12(17(24)13(19(25)26)6-23(10)15)5-14(21)16(18)22-4-3-20(9-22)28-8-11(2)29-20/h5-6,10-11H,3-4,7-9H2,1-2H3,(H,25,26). The molecule has 3 unspecified atom stereocenters. The van der Waals surface area contributed by atoms with Gasteiger partial charge in [-0.25, -0.2) is 9.18 Å². The van der Waals surface area contributed by atoms with E-state index in [9.17, 15) is 14.7 Å². The number of halogens is 1. The van der Waals surface area contributed by atoms with Crippen LogP contribution in [0.5, 0.6) is 5.75 Å². The number of hydrogen-bond donors (Lipinski definition) is 1. The second kappa shape index (κ2) is 6.17. The number of benzene rings is 1. The average molecular weight is 404 g/mol. The van der Waals surface area contributed by atoms with Gasteiger partial charge in [-0.05, 0) is 19.9 Å². The van der Waals surface area contributed by atoms with Crippen molar-refractivity contribution < 1.29 is 28.5 Å². The number of carboxylic acids is 1. The number of aromatic carboxylic acids is 1. The fourth-order valence-corrected chi connectivity index (χ4v) is 4.52. The summed E-state index contributed by atoms with van der Waals surface area (Å²) in [4.78, 5) is 26.0. The van der Waals surface area contributed by atoms with E-state index in [2.05, 4.69) is 0 Å². The highest BCUT2D eigenvalue weighted by atomic mass is 19.1. The maximum Gasteiger partial charge on any atom is 0.341 e. The topological polar surface area (TPSA) is 90.2 Å². The van der Waals surface area contributed by atoms with Gasteiger partial charge in [0.25, 0.3) is 0 Å². The van der Waals surface area contributed by atoms with Crippen molar-refractivity contribution in [1.82, 2.24) is 4.57 Å². The highest BCUT2D eigenvalue weighted by Crippen LogP contribution is 2.45. The van der Waals surface area contributed by atoms with Gasteiger partial charge in [0.2, 0.25) is 5.43 Å². The summed E-state index contributed by atoms with van der Waals surface area (Å²) in [5.41, 5.74) is -0.435. The summed E-state index contributed by atoms with van der Waals surface area (Å²) in [5, 5.41) is 9.38. The van der Waals surface area contributed by atoms with Crippen LogP contribution < -0.4 is 15.1 Å². The maximum atomic E-state index is 15.2. The molecule has 0 amide bonds. The van der Waals surface area contributed by atoms with Crippen molar-refractivity contribution in [2.75, 3.05) is 31.2 Å². The SMILES string of the molecule is CC1COC2(CCN(c3c(F)cc4c(=O)c(C(=O)O)cn5c4c3OCC5C)C2)O1. The summed E-state index contributed by atoms with van der Waals surface area (Å²) in [6.07, 6.45) is 1.89. The van der Waals surface area contributed by atoms with Crippen LogP contribution in [0.3, 0.4) is 0 Å². The Labute approximate surface area is 165 Å². The third-order valence-electron chi connectivity index (χ3n) is 5.88. The zero-order valence-corrected chi connectivity index (χ0v) is 16.1. The summed E-state index contributed by atoms with van der Waals surface area (Å²) in [6.45, 7) is 5.38. The summed E-state index contributed by atoms with van der Waals surface area (Å²) >= 11 is 0. The molecule has 1 N–H and O–H groups in total. The summed E-state index contributed by atoms with van der Waals surface area (Å²) in [5.74, 6) is -2.47. The van der Waals surface area contributed by atoms with Crippen molar-refractivity contribution in [1.29, 1.82) is 0 Å². The molecule has 9 heteroatoms. The van der Waals surface area contributed by atoms with Crippen molar-refractivity contribution >= 4 is 22.6 Å². The van der Waals surface area contributed by atoms with E-state index in [4.69, 9.17) is 14.2 Å². The number of aromatic nitrogens is 1. The Hall–Kier alpha value is -2.65. The summed E-state index contributed by atoms with van der Waals surface area (Å²) < 4.78 is 34.6. The minimum absolute atomic E-state index is 0.00333. The summed E-state index contributed by atoms with van der Waals surface area (Å²) in [6, 6.07) is 0.916. The van der Waals surface area contributed by atoms with Crippen LogP contribution in [0.1, 0.15) is 36.7 Å². The first-order valence-electron chi connectivity index (χ1n) is 9.64. The lowest BCUT2D eigenvalue weighted by atomic mass is 10.1. The zero-order valence-electron chi connectivity index (χ0n) is 16.1. The molecule has 8 nitrogen and oxygen atoms in total. The molecule has 0 saturated carbocycles. The van der Waals surface area contributed by atoms with Gasteiger partial charge in [0.05, 0.1) is 36.2 Å². The molecule has 154 valence electrons. The van der Waals surface area contributed by atoms with Gasteiger partial charge in [0.1, 0.15) is 17.9 Å². The Morgan fingerprint density at radius 2 is 2.14 bits per heavy atom. The lowest BCUT2D eigenvalue weighted by Crippen LogP contribution is -2.35. The number of carbonyl (C=O) groups is 1. The second-order valence-corrected chi connectivity index (χ2v) is 8.00. The molecule has 2 saturated heterocycles. The number of pyridine rings is 1. The van der Waals surface area contributed by atoms with Crippen molar-refractivity contribution in [3.8, 4) is 5.75 Å². The molecule has 3 aliphatic rings. The number of rotatable bonds is 2. The largest absolute Gasteiger partial charge is 0.487 e. The molecule has 1 spiro atoms. The third kappa shape index (κ3) is 2.64. The number of anilines is 1. The number of hydrogen-bond acceptors (Lipinski definition) is 6. The molecule has 3 atom stereocenters. The second-order valence-electron chi connectivity index (χ2n) is 8.00. The van der Waals surface area contributed by atoms with E-state index in [1.54, 1.807) is 4.57 Å². The van der Waals surface area contributed by atoms with Gasteiger partial charge in [-0.15, -0.1) is 0 Å². The van der Waals surface area contributed by atoms with Gasteiger partial charge < -0.3 is 28.8 Å². The molecule has 29 heavy (non-hydrogen) atoms. The van der Waals surface area contributed by atoms with E-state index in [-0.39, 0.29) is 41.1 Å². The van der Waals surface area contributed by atoms with Gasteiger partial charge >= 0.3 is 5.97 Å². The molecule has 3 aliphatic heterocycles. The molecule has 1 aromatic carbocycles. The van der Waals surface area contributed by atoms with Crippen LogP contribution in [0.2, 0.25) is 0 Å². The minimum Gasteiger partial charge on any atom is -0.487 e. The molecule has 0 bridgehead atoms. The Morgan fingerprint density at radius 3 is 2.83 bits per heavy atom. The van der Waals surface area contributed by atoms with Gasteiger partial charge in [0.15, 0.2) is 17.4 Å². The Balaban J connectivity index is 1.69. The highest BCUT2D eigenvalue weighted by molar-refractivity contribution is 5.97. The molecule has 2 aromatic rings. The molecule has 4 heterocycles. The van der Waals surface area contributed by atoms with E-state index in [1.165, 1.54) is 6.20 Å². The maximum absolute atomic E-state index is 15.2. The third-order valence-corrected chi connectivity index (χ3v) is 5.88. The number of nitrogens with zero attached hydrogens (tertiary/aromatic N) is 2. The van der Waals surface area contributed by atoms with Crippen molar-refractivity contribution in [2.24, 2.45) is 0 Å². The Kier molecular flexibility index (Phi) is 3.91. The van der Waals surface area contributed by atoms with Crippen molar-refractivity contribution in [2.45, 2.75) is 38.2 Å². The summed E-state index contributed by atoms with van der Waals surface area (Å²) in [7, 11) is 0. The Bertz CT molecular complexity index is 1100. The van der Waals surface area contributed by atoms with Crippen LogP contribution in [-0.4, -0.2) is 53.8 Å². The van der Waals surface area contributed by atoms with E-state index < -0.39 is 23.0 Å². The minimum atomic E-state index is -1.34.